The molecule has 0 aliphatic rings. The third-order valence-electron chi connectivity index (χ3n) is 2.63. The summed E-state index contributed by atoms with van der Waals surface area (Å²) in [5.41, 5.74) is 2.17. The van der Waals surface area contributed by atoms with Gasteiger partial charge in [-0.2, -0.15) is 0 Å². The molecule has 0 heterocycles. The van der Waals surface area contributed by atoms with Gasteiger partial charge in [0.05, 0.1) is 0 Å². The van der Waals surface area contributed by atoms with Gasteiger partial charge in [0.2, 0.25) is 0 Å². The first-order valence-corrected chi connectivity index (χ1v) is 5.77. The Kier molecular flexibility index (Phi) is 3.88. The Labute approximate surface area is 110 Å². The molecule has 3 nitrogen and oxygen atoms in total. The molecule has 94 valence electrons. The van der Waals surface area contributed by atoms with Crippen LogP contribution in [-0.4, -0.2) is 16.9 Å². The van der Waals surface area contributed by atoms with Gasteiger partial charge in [-0.05, 0) is 11.1 Å². The van der Waals surface area contributed by atoms with Crippen molar-refractivity contribution in [3.63, 3.8) is 0 Å². The van der Waals surface area contributed by atoms with Crippen LogP contribution >= 0.6 is 0 Å². The third-order valence-corrected chi connectivity index (χ3v) is 2.63. The standard InChI is InChI=1S/C16H12O3/c17-15(16(18)19)14-10-8-13(9-11-14)7-6-12-4-2-1-3-5-12/h1-11H,(H,18,19). The molecule has 1 N–H and O–H groups in total. The van der Waals surface area contributed by atoms with Gasteiger partial charge in [0.1, 0.15) is 0 Å². The number of carboxylic acids is 1. The smallest absolute Gasteiger partial charge is 0.377 e. The summed E-state index contributed by atoms with van der Waals surface area (Å²) >= 11 is 0. The van der Waals surface area contributed by atoms with Crippen molar-refractivity contribution in [3.8, 4) is 0 Å². The quantitative estimate of drug-likeness (QED) is 0.516. The van der Waals surface area contributed by atoms with E-state index in [2.05, 4.69) is 0 Å². The molecular weight excluding hydrogens is 240 g/mol. The van der Waals surface area contributed by atoms with Crippen molar-refractivity contribution >= 4 is 23.9 Å². The fourth-order valence-electron chi connectivity index (χ4n) is 1.63. The second kappa shape index (κ2) is 5.78. The van der Waals surface area contributed by atoms with Crippen LogP contribution in [0.4, 0.5) is 0 Å². The van der Waals surface area contributed by atoms with E-state index in [0.717, 1.165) is 11.1 Å². The highest BCUT2D eigenvalue weighted by molar-refractivity contribution is 6.39. The van der Waals surface area contributed by atoms with Crippen molar-refractivity contribution in [1.29, 1.82) is 0 Å². The molecule has 2 aromatic carbocycles. The molecule has 0 saturated carbocycles. The van der Waals surface area contributed by atoms with Crippen molar-refractivity contribution in [2.75, 3.05) is 0 Å². The van der Waals surface area contributed by atoms with E-state index in [-0.39, 0.29) is 5.56 Å². The maximum atomic E-state index is 11.2. The van der Waals surface area contributed by atoms with Gasteiger partial charge in [0.15, 0.2) is 0 Å². The van der Waals surface area contributed by atoms with E-state index >= 15 is 0 Å². The molecule has 0 atom stereocenters. The first-order valence-electron chi connectivity index (χ1n) is 5.77. The van der Waals surface area contributed by atoms with Gasteiger partial charge in [-0.15, -0.1) is 0 Å². The van der Waals surface area contributed by atoms with Crippen LogP contribution in [0.1, 0.15) is 21.5 Å². The average Bonchev–Trinajstić information content (AvgIpc) is 2.46. The van der Waals surface area contributed by atoms with Gasteiger partial charge < -0.3 is 5.11 Å². The zero-order chi connectivity index (χ0) is 13.7. The average molecular weight is 252 g/mol. The number of hydrogen-bond donors (Lipinski definition) is 1. The van der Waals surface area contributed by atoms with E-state index < -0.39 is 11.8 Å². The lowest BCUT2D eigenvalue weighted by Crippen LogP contribution is -2.12. The number of Topliss-reactive ketones (excluding diaryl/α,β-unsaturated/α-hetero) is 1. The minimum absolute atomic E-state index is 0.185. The van der Waals surface area contributed by atoms with Crippen molar-refractivity contribution in [2.45, 2.75) is 0 Å². The molecule has 2 aromatic rings. The largest absolute Gasteiger partial charge is 0.475 e. The molecule has 0 spiro atoms. The summed E-state index contributed by atoms with van der Waals surface area (Å²) in [6, 6.07) is 16.3. The van der Waals surface area contributed by atoms with Gasteiger partial charge in [-0.3, -0.25) is 4.79 Å². The van der Waals surface area contributed by atoms with E-state index in [1.807, 2.05) is 42.5 Å². The minimum Gasteiger partial charge on any atom is -0.475 e. The molecule has 0 saturated heterocycles. The zero-order valence-corrected chi connectivity index (χ0v) is 10.1. The van der Waals surface area contributed by atoms with Crippen LogP contribution < -0.4 is 0 Å². The lowest BCUT2D eigenvalue weighted by atomic mass is 10.1. The molecular formula is C16H12O3. The van der Waals surface area contributed by atoms with Crippen LogP contribution in [0.3, 0.4) is 0 Å². The summed E-state index contributed by atoms with van der Waals surface area (Å²) in [6.07, 6.45) is 3.86. The van der Waals surface area contributed by atoms with E-state index in [9.17, 15) is 9.59 Å². The highest BCUT2D eigenvalue weighted by Crippen LogP contribution is 2.10. The Morgan fingerprint density at radius 3 is 1.84 bits per heavy atom. The van der Waals surface area contributed by atoms with E-state index in [1.54, 1.807) is 12.1 Å². The Morgan fingerprint density at radius 2 is 1.32 bits per heavy atom. The van der Waals surface area contributed by atoms with Crippen LogP contribution in [0.25, 0.3) is 12.2 Å². The summed E-state index contributed by atoms with van der Waals surface area (Å²) in [5.74, 6) is -2.33. The molecule has 0 fully saturated rings. The van der Waals surface area contributed by atoms with Crippen LogP contribution in [0.5, 0.6) is 0 Å². The van der Waals surface area contributed by atoms with Crippen molar-refractivity contribution in [3.05, 3.63) is 71.3 Å². The van der Waals surface area contributed by atoms with Crippen molar-refractivity contribution < 1.29 is 14.7 Å². The predicted octanol–water partition coefficient (Wildman–Crippen LogP) is 3.12. The molecule has 0 aliphatic heterocycles. The molecule has 19 heavy (non-hydrogen) atoms. The van der Waals surface area contributed by atoms with Crippen molar-refractivity contribution in [2.24, 2.45) is 0 Å². The molecule has 0 aliphatic carbocycles. The maximum Gasteiger partial charge on any atom is 0.377 e. The van der Waals surface area contributed by atoms with Gasteiger partial charge >= 0.3 is 5.97 Å². The molecule has 0 bridgehead atoms. The van der Waals surface area contributed by atoms with Crippen LogP contribution in [0, 0.1) is 0 Å². The number of aliphatic carboxylic acids is 1. The Hall–Kier alpha value is -2.68. The van der Waals surface area contributed by atoms with Crippen LogP contribution in [0.2, 0.25) is 0 Å². The summed E-state index contributed by atoms with van der Waals surface area (Å²) < 4.78 is 0. The zero-order valence-electron chi connectivity index (χ0n) is 10.1. The number of carboxylic acid groups (broad SMARTS) is 1. The number of rotatable bonds is 4. The minimum atomic E-state index is -1.44. The SMILES string of the molecule is O=C(O)C(=O)c1ccc(C=Cc2ccccc2)cc1. The predicted molar refractivity (Wildman–Crippen MR) is 73.8 cm³/mol. The number of carbonyl (C=O) groups is 2. The number of hydrogen-bond acceptors (Lipinski definition) is 2. The molecule has 3 heteroatoms. The molecule has 0 unspecified atom stereocenters. The Bertz CT molecular complexity index is 610. The molecule has 2 rings (SSSR count). The first kappa shape index (κ1) is 12.8. The monoisotopic (exact) mass is 252 g/mol. The second-order valence-electron chi connectivity index (χ2n) is 4.00. The Morgan fingerprint density at radius 1 is 0.789 bits per heavy atom. The van der Waals surface area contributed by atoms with Crippen LogP contribution in [-0.2, 0) is 4.79 Å². The lowest BCUT2D eigenvalue weighted by molar-refractivity contribution is -0.131. The number of ketones is 1. The Balaban J connectivity index is 2.13. The summed E-state index contributed by atoms with van der Waals surface area (Å²) in [7, 11) is 0. The van der Waals surface area contributed by atoms with Crippen molar-refractivity contribution in [1.82, 2.24) is 0 Å². The van der Waals surface area contributed by atoms with Gasteiger partial charge in [0, 0.05) is 5.56 Å². The third kappa shape index (κ3) is 3.39. The number of carbonyl (C=O) groups excluding carboxylic acids is 1. The molecule has 0 amide bonds. The van der Waals surface area contributed by atoms with Gasteiger partial charge in [0.25, 0.3) is 5.78 Å². The van der Waals surface area contributed by atoms with Crippen LogP contribution in [0.15, 0.2) is 54.6 Å². The maximum absolute atomic E-state index is 11.2. The topological polar surface area (TPSA) is 54.4 Å². The summed E-state index contributed by atoms with van der Waals surface area (Å²) in [5, 5.41) is 8.59. The van der Waals surface area contributed by atoms with E-state index in [1.165, 1.54) is 12.1 Å². The highest BCUT2D eigenvalue weighted by atomic mass is 16.4. The summed E-state index contributed by atoms with van der Waals surface area (Å²) in [6.45, 7) is 0. The van der Waals surface area contributed by atoms with Gasteiger partial charge in [-0.25, -0.2) is 4.79 Å². The number of benzene rings is 2. The molecule has 0 aromatic heterocycles. The second-order valence-corrected chi connectivity index (χ2v) is 4.00. The fourth-order valence-corrected chi connectivity index (χ4v) is 1.63. The normalized spacial score (nSPS) is 10.5. The fraction of sp³-hybridized carbons (Fsp3) is 0. The highest BCUT2D eigenvalue weighted by Gasteiger charge is 2.13. The first-order chi connectivity index (χ1) is 9.16. The summed E-state index contributed by atoms with van der Waals surface area (Å²) in [4.78, 5) is 21.7. The van der Waals surface area contributed by atoms with E-state index in [4.69, 9.17) is 5.11 Å². The van der Waals surface area contributed by atoms with E-state index in [0.29, 0.717) is 0 Å². The lowest BCUT2D eigenvalue weighted by Gasteiger charge is -1.97. The van der Waals surface area contributed by atoms with Gasteiger partial charge in [-0.1, -0.05) is 66.7 Å². The molecule has 0 radical (unpaired) electrons.